The molecule has 0 radical (unpaired) electrons. The Morgan fingerprint density at radius 3 is 3.30 bits per heavy atom. The van der Waals surface area contributed by atoms with Gasteiger partial charge < -0.3 is 4.90 Å². The number of hydrogen-bond donors (Lipinski definition) is 0. The summed E-state index contributed by atoms with van der Waals surface area (Å²) in [6.45, 7) is -4.33. The summed E-state index contributed by atoms with van der Waals surface area (Å²) in [4.78, 5) is 1.69. The van der Waals surface area contributed by atoms with E-state index in [-0.39, 0.29) is 22.9 Å². The fourth-order valence-corrected chi connectivity index (χ4v) is 5.08. The third kappa shape index (κ3) is 1.65. The van der Waals surface area contributed by atoms with Gasteiger partial charge in [0.05, 0.1) is 0 Å². The Bertz CT molecular complexity index is 768. The lowest BCUT2D eigenvalue weighted by molar-refractivity contribution is 0.00282. The van der Waals surface area contributed by atoms with Gasteiger partial charge in [0.2, 0.25) is 0 Å². The highest BCUT2D eigenvalue weighted by atomic mass is 15.1. The lowest BCUT2D eigenvalue weighted by Gasteiger charge is -2.58. The van der Waals surface area contributed by atoms with Crippen LogP contribution in [-0.2, 0) is 18.2 Å². The molecule has 1 saturated heterocycles. The molecular formula is C19H27N. The van der Waals surface area contributed by atoms with E-state index in [9.17, 15) is 0 Å². The van der Waals surface area contributed by atoms with Crippen molar-refractivity contribution in [3.05, 3.63) is 34.9 Å². The number of likely N-dealkylation sites (tertiary alicyclic amines) is 1. The summed E-state index contributed by atoms with van der Waals surface area (Å²) in [7, 11) is 0. The average molecular weight is 277 g/mol. The van der Waals surface area contributed by atoms with Gasteiger partial charge in [0, 0.05) is 22.4 Å². The van der Waals surface area contributed by atoms with Gasteiger partial charge in [-0.15, -0.1) is 0 Å². The molecule has 4 rings (SSSR count). The molecule has 1 saturated carbocycles. The van der Waals surface area contributed by atoms with Crippen LogP contribution in [-0.4, -0.2) is 24.5 Å². The van der Waals surface area contributed by atoms with Crippen LogP contribution in [0.25, 0.3) is 0 Å². The molecule has 0 spiro atoms. The Morgan fingerprint density at radius 1 is 1.40 bits per heavy atom. The minimum absolute atomic E-state index is 0.0284. The highest BCUT2D eigenvalue weighted by molar-refractivity contribution is 5.43. The fourth-order valence-electron chi connectivity index (χ4n) is 5.08. The molecule has 2 fully saturated rings. The second-order valence-electron chi connectivity index (χ2n) is 6.72. The van der Waals surface area contributed by atoms with E-state index < -0.39 is 20.2 Å². The fraction of sp³-hybridized carbons (Fsp3) is 0.684. The number of fused-ring (bicyclic) bond motifs is 1. The number of aryl methyl sites for hydroxylation is 1. The molecule has 3 aliphatic rings. The molecule has 1 heterocycles. The van der Waals surface area contributed by atoms with E-state index in [1.165, 1.54) is 0 Å². The van der Waals surface area contributed by atoms with Crippen molar-refractivity contribution in [2.75, 3.05) is 13.5 Å². The van der Waals surface area contributed by atoms with E-state index in [2.05, 4.69) is 0 Å². The van der Waals surface area contributed by atoms with Gasteiger partial charge in [-0.3, -0.25) is 0 Å². The number of likely N-dealkylation sites (N-methyl/N-ethyl adjacent to an activating group) is 1. The van der Waals surface area contributed by atoms with Gasteiger partial charge in [-0.05, 0) is 68.2 Å². The maximum atomic E-state index is 8.18. The average Bonchev–Trinajstić information content (AvgIpc) is 2.59. The molecule has 0 aromatic heterocycles. The van der Waals surface area contributed by atoms with Crippen LogP contribution in [0.15, 0.2) is 18.2 Å². The summed E-state index contributed by atoms with van der Waals surface area (Å²) >= 11 is 0. The van der Waals surface area contributed by atoms with Crippen molar-refractivity contribution >= 4 is 0 Å². The molecule has 2 bridgehead atoms. The third-order valence-electron chi connectivity index (χ3n) is 5.98. The molecule has 20 heavy (non-hydrogen) atoms. The minimum atomic E-state index is -2.73. The first kappa shape index (κ1) is 6.96. The Hall–Kier alpha value is -0.820. The second-order valence-corrected chi connectivity index (χ2v) is 6.72. The second kappa shape index (κ2) is 4.59. The van der Waals surface area contributed by atoms with Crippen LogP contribution < -0.4 is 0 Å². The van der Waals surface area contributed by atoms with Crippen molar-refractivity contribution in [3.8, 4) is 0 Å². The predicted octanol–water partition coefficient (Wildman–Crippen LogP) is 3.94. The minimum Gasteiger partial charge on any atom is -0.303 e. The van der Waals surface area contributed by atoms with Gasteiger partial charge >= 0.3 is 0 Å². The van der Waals surface area contributed by atoms with E-state index in [0.29, 0.717) is 13.0 Å². The zero-order chi connectivity index (χ0) is 20.5. The van der Waals surface area contributed by atoms with Gasteiger partial charge in [0.1, 0.15) is 0 Å². The maximum Gasteiger partial charge on any atom is 0.0394 e. The van der Waals surface area contributed by atoms with Crippen molar-refractivity contribution < 1.29 is 11.0 Å². The summed E-state index contributed by atoms with van der Waals surface area (Å²) in [5, 5.41) is 0. The smallest absolute Gasteiger partial charge is 0.0394 e. The zero-order valence-corrected chi connectivity index (χ0v) is 11.8. The normalized spacial score (nSPS) is 44.2. The molecule has 1 aromatic rings. The first-order chi connectivity index (χ1) is 12.9. The molecule has 1 unspecified atom stereocenters. The van der Waals surface area contributed by atoms with Crippen LogP contribution in [0.5, 0.6) is 0 Å². The predicted molar refractivity (Wildman–Crippen MR) is 84.2 cm³/mol. The summed E-state index contributed by atoms with van der Waals surface area (Å²) in [6.07, 6.45) is 3.08. The molecule has 1 aromatic carbocycles. The van der Waals surface area contributed by atoms with Gasteiger partial charge in [-0.2, -0.15) is 0 Å². The van der Waals surface area contributed by atoms with Crippen LogP contribution in [0, 0.1) is 5.92 Å². The zero-order valence-electron chi connectivity index (χ0n) is 19.8. The number of piperidine rings is 1. The van der Waals surface area contributed by atoms with E-state index in [1.54, 1.807) is 17.0 Å². The SMILES string of the molecule is [2H]C([2H])([2H])N1CC[C@@]23CCCC[C@H]2C1Cc1ccc(C([2H])([2H])C([2H])([2H])[2H])cc13. The molecule has 0 N–H and O–H groups in total. The van der Waals surface area contributed by atoms with Crippen molar-refractivity contribution in [1.29, 1.82) is 0 Å². The lowest BCUT2D eigenvalue weighted by atomic mass is 9.52. The van der Waals surface area contributed by atoms with Gasteiger partial charge in [-0.25, -0.2) is 0 Å². The molecule has 1 aliphatic heterocycles. The lowest BCUT2D eigenvalue weighted by Crippen LogP contribution is -2.59. The molecule has 1 heteroatoms. The van der Waals surface area contributed by atoms with Crippen LogP contribution in [0.1, 0.15) is 66.6 Å². The first-order valence-electron chi connectivity index (χ1n) is 11.8. The highest BCUT2D eigenvalue weighted by Gasteiger charge is 2.52. The standard InChI is InChI=1S/C19H27N/c1-3-14-7-8-15-13-18-16-6-4-5-9-19(16,17(15)12-14)10-11-20(18)2/h7-8,12,16,18H,3-6,9-11,13H2,1-2H3/t16-,18?,19-/m0/s1/i1D3,2D3,3D2. The monoisotopic (exact) mass is 277 g/mol. The summed E-state index contributed by atoms with van der Waals surface area (Å²) in [5.41, 5.74) is 2.19. The Morgan fingerprint density at radius 2 is 2.40 bits per heavy atom. The van der Waals surface area contributed by atoms with Gasteiger partial charge in [0.25, 0.3) is 0 Å². The highest BCUT2D eigenvalue weighted by Crippen LogP contribution is 2.55. The van der Waals surface area contributed by atoms with E-state index in [1.807, 2.05) is 6.07 Å². The Balaban J connectivity index is 1.83. The quantitative estimate of drug-likeness (QED) is 0.751. The van der Waals surface area contributed by atoms with E-state index in [4.69, 9.17) is 11.0 Å². The van der Waals surface area contributed by atoms with Crippen LogP contribution in [0.2, 0.25) is 0 Å². The topological polar surface area (TPSA) is 3.24 Å². The van der Waals surface area contributed by atoms with E-state index >= 15 is 0 Å². The van der Waals surface area contributed by atoms with Crippen molar-refractivity contribution in [1.82, 2.24) is 4.90 Å². The number of rotatable bonds is 1. The van der Waals surface area contributed by atoms with Crippen molar-refractivity contribution in [3.63, 3.8) is 0 Å². The molecule has 108 valence electrons. The number of benzene rings is 1. The van der Waals surface area contributed by atoms with Crippen molar-refractivity contribution in [2.45, 2.75) is 63.2 Å². The molecule has 1 nitrogen and oxygen atoms in total. The number of hydrogen-bond acceptors (Lipinski definition) is 1. The summed E-state index contributed by atoms with van der Waals surface area (Å²) in [6, 6.07) is 5.19. The largest absolute Gasteiger partial charge is 0.303 e. The summed E-state index contributed by atoms with van der Waals surface area (Å²) < 4.78 is 63.1. The molecule has 0 amide bonds. The number of nitrogens with zero attached hydrogens (tertiary/aromatic N) is 1. The van der Waals surface area contributed by atoms with Gasteiger partial charge in [0.15, 0.2) is 0 Å². The van der Waals surface area contributed by atoms with Crippen LogP contribution in [0.3, 0.4) is 0 Å². The van der Waals surface area contributed by atoms with Crippen LogP contribution >= 0.6 is 0 Å². The maximum absolute atomic E-state index is 8.18. The first-order valence-corrected chi connectivity index (χ1v) is 7.79. The summed E-state index contributed by atoms with van der Waals surface area (Å²) in [5.74, 6) is 0.233. The Labute approximate surface area is 134 Å². The Kier molecular flexibility index (Phi) is 1.60. The van der Waals surface area contributed by atoms with E-state index in [0.717, 1.165) is 43.2 Å². The van der Waals surface area contributed by atoms with Crippen molar-refractivity contribution in [2.24, 2.45) is 5.92 Å². The molecule has 3 atom stereocenters. The third-order valence-corrected chi connectivity index (χ3v) is 5.98. The molecule has 2 aliphatic carbocycles. The van der Waals surface area contributed by atoms with Crippen LogP contribution in [0.4, 0.5) is 0 Å². The molecular weight excluding hydrogens is 242 g/mol. The van der Waals surface area contributed by atoms with Gasteiger partial charge in [-0.1, -0.05) is 37.9 Å².